The van der Waals surface area contributed by atoms with E-state index in [1.54, 1.807) is 0 Å². The number of nitrogens with zero attached hydrogens (tertiary/aromatic N) is 1. The van der Waals surface area contributed by atoms with E-state index in [1.807, 2.05) is 37.3 Å². The summed E-state index contributed by atoms with van der Waals surface area (Å²) in [5, 5.41) is 5.84. The van der Waals surface area contributed by atoms with Crippen LogP contribution in [0.4, 0.5) is 0 Å². The van der Waals surface area contributed by atoms with Crippen molar-refractivity contribution in [3.63, 3.8) is 0 Å². The quantitative estimate of drug-likeness (QED) is 0.834. The zero-order chi connectivity index (χ0) is 18.4. The van der Waals surface area contributed by atoms with Crippen LogP contribution >= 0.6 is 0 Å². The molecule has 1 heterocycles. The van der Waals surface area contributed by atoms with Gasteiger partial charge in [0.25, 0.3) is 0 Å². The summed E-state index contributed by atoms with van der Waals surface area (Å²) in [5.74, 6) is 0.203. The Morgan fingerprint density at radius 1 is 1.15 bits per heavy atom. The summed E-state index contributed by atoms with van der Waals surface area (Å²) in [4.78, 5) is 29.5. The Kier molecular flexibility index (Phi) is 5.71. The van der Waals surface area contributed by atoms with Gasteiger partial charge in [-0.2, -0.15) is 0 Å². The number of nitrogens with one attached hydrogen (secondary N) is 2. The van der Waals surface area contributed by atoms with Gasteiger partial charge in [-0.3, -0.25) is 9.59 Å². The molecule has 0 bridgehead atoms. The highest BCUT2D eigenvalue weighted by Gasteiger charge is 2.40. The van der Waals surface area contributed by atoms with E-state index in [0.29, 0.717) is 31.0 Å². The number of oxazole rings is 1. The van der Waals surface area contributed by atoms with Gasteiger partial charge in [0, 0.05) is 12.1 Å². The summed E-state index contributed by atoms with van der Waals surface area (Å²) in [7, 11) is 0. The van der Waals surface area contributed by atoms with Gasteiger partial charge in [0.2, 0.25) is 17.7 Å². The average molecular weight is 355 g/mol. The maximum Gasteiger partial charge on any atom is 0.245 e. The molecular weight excluding hydrogens is 330 g/mol. The van der Waals surface area contributed by atoms with Crippen LogP contribution in [0.5, 0.6) is 0 Å². The molecule has 2 N–H and O–H groups in total. The highest BCUT2D eigenvalue weighted by atomic mass is 16.3. The lowest BCUT2D eigenvalue weighted by Gasteiger charge is -2.36. The second kappa shape index (κ2) is 8.17. The van der Waals surface area contributed by atoms with Crippen LogP contribution in [-0.4, -0.2) is 28.9 Å². The molecule has 0 radical (unpaired) electrons. The number of carbonyl (C=O) groups excluding carboxylic acids is 2. The summed E-state index contributed by atoms with van der Waals surface area (Å²) in [6.45, 7) is 2.44. The molecule has 1 aliphatic carbocycles. The Labute approximate surface area is 153 Å². The fourth-order valence-corrected chi connectivity index (χ4v) is 3.47. The maximum atomic E-state index is 12.6. The first kappa shape index (κ1) is 18.2. The third kappa shape index (κ3) is 4.12. The molecular formula is C20H25N3O3. The first-order valence-electron chi connectivity index (χ1n) is 9.22. The molecule has 6 heteroatoms. The van der Waals surface area contributed by atoms with E-state index in [-0.39, 0.29) is 18.2 Å². The predicted octanol–water partition coefficient (Wildman–Crippen LogP) is 2.84. The van der Waals surface area contributed by atoms with Gasteiger partial charge >= 0.3 is 0 Å². The molecule has 1 saturated carbocycles. The second-order valence-corrected chi connectivity index (χ2v) is 6.74. The number of benzene rings is 1. The minimum atomic E-state index is -0.794. The van der Waals surface area contributed by atoms with Crippen LogP contribution < -0.4 is 10.6 Å². The standard InChI is InChI=1S/C20H25N3O3/c1-2-21-19(25)20(11-7-4-8-12-20)23-17(24)13-16-14-26-18(22-16)15-9-5-3-6-10-15/h3,5-6,9-10,14H,2,4,7-8,11-13H2,1H3,(H,21,25)(H,23,24). The number of hydrogen-bond donors (Lipinski definition) is 2. The molecule has 1 aromatic carbocycles. The first-order valence-corrected chi connectivity index (χ1v) is 9.22. The lowest BCUT2D eigenvalue weighted by atomic mass is 9.80. The average Bonchev–Trinajstić information content (AvgIpc) is 3.11. The second-order valence-electron chi connectivity index (χ2n) is 6.74. The van der Waals surface area contributed by atoms with Crippen LogP contribution in [0, 0.1) is 0 Å². The van der Waals surface area contributed by atoms with Crippen molar-refractivity contribution in [2.45, 2.75) is 51.0 Å². The zero-order valence-electron chi connectivity index (χ0n) is 15.1. The van der Waals surface area contributed by atoms with Gasteiger partial charge < -0.3 is 15.1 Å². The fraction of sp³-hybridized carbons (Fsp3) is 0.450. The van der Waals surface area contributed by atoms with Crippen LogP contribution in [-0.2, 0) is 16.0 Å². The van der Waals surface area contributed by atoms with Crippen molar-refractivity contribution in [2.75, 3.05) is 6.54 Å². The topological polar surface area (TPSA) is 84.2 Å². The molecule has 26 heavy (non-hydrogen) atoms. The normalized spacial score (nSPS) is 16.0. The van der Waals surface area contributed by atoms with Crippen LogP contribution in [0.1, 0.15) is 44.7 Å². The van der Waals surface area contributed by atoms with Crippen molar-refractivity contribution >= 4 is 11.8 Å². The van der Waals surface area contributed by atoms with Gasteiger partial charge in [-0.05, 0) is 31.9 Å². The molecule has 2 amide bonds. The maximum absolute atomic E-state index is 12.6. The van der Waals surface area contributed by atoms with Gasteiger partial charge in [-0.1, -0.05) is 37.5 Å². The highest BCUT2D eigenvalue weighted by molar-refractivity contribution is 5.92. The number of carbonyl (C=O) groups is 2. The van der Waals surface area contributed by atoms with Gasteiger partial charge in [0.1, 0.15) is 11.8 Å². The van der Waals surface area contributed by atoms with Gasteiger partial charge in [-0.25, -0.2) is 4.98 Å². The molecule has 0 saturated heterocycles. The molecule has 6 nitrogen and oxygen atoms in total. The van der Waals surface area contributed by atoms with E-state index in [2.05, 4.69) is 15.6 Å². The SMILES string of the molecule is CCNC(=O)C1(NC(=O)Cc2coc(-c3ccccc3)n2)CCCCC1. The lowest BCUT2D eigenvalue weighted by molar-refractivity contribution is -0.134. The largest absolute Gasteiger partial charge is 0.444 e. The summed E-state index contributed by atoms with van der Waals surface area (Å²) < 4.78 is 5.48. The van der Waals surface area contributed by atoms with Crippen LogP contribution in [0.2, 0.25) is 0 Å². The molecule has 0 aliphatic heterocycles. The third-order valence-electron chi connectivity index (χ3n) is 4.77. The monoisotopic (exact) mass is 355 g/mol. The predicted molar refractivity (Wildman–Crippen MR) is 98.3 cm³/mol. The molecule has 138 valence electrons. The minimum Gasteiger partial charge on any atom is -0.444 e. The first-order chi connectivity index (χ1) is 12.6. The van der Waals surface area contributed by atoms with Gasteiger partial charge in [-0.15, -0.1) is 0 Å². The molecule has 1 aromatic heterocycles. The Hall–Kier alpha value is -2.63. The fourth-order valence-electron chi connectivity index (χ4n) is 3.47. The Bertz CT molecular complexity index is 749. The van der Waals surface area contributed by atoms with E-state index in [0.717, 1.165) is 24.8 Å². The van der Waals surface area contributed by atoms with E-state index < -0.39 is 5.54 Å². The van der Waals surface area contributed by atoms with Gasteiger partial charge in [0.05, 0.1) is 12.1 Å². The van der Waals surface area contributed by atoms with Crippen molar-refractivity contribution in [1.29, 1.82) is 0 Å². The van der Waals surface area contributed by atoms with Crippen molar-refractivity contribution in [1.82, 2.24) is 15.6 Å². The zero-order valence-corrected chi connectivity index (χ0v) is 15.1. The van der Waals surface area contributed by atoms with Crippen molar-refractivity contribution in [3.8, 4) is 11.5 Å². The number of aromatic nitrogens is 1. The van der Waals surface area contributed by atoms with Crippen LogP contribution in [0.15, 0.2) is 41.0 Å². The number of hydrogen-bond acceptors (Lipinski definition) is 4. The molecule has 1 fully saturated rings. The smallest absolute Gasteiger partial charge is 0.245 e. The third-order valence-corrected chi connectivity index (χ3v) is 4.77. The molecule has 0 unspecified atom stereocenters. The van der Waals surface area contributed by atoms with E-state index >= 15 is 0 Å². The lowest BCUT2D eigenvalue weighted by Crippen LogP contribution is -2.60. The van der Waals surface area contributed by atoms with Crippen molar-refractivity contribution in [2.24, 2.45) is 0 Å². The summed E-state index contributed by atoms with van der Waals surface area (Å²) in [6, 6.07) is 9.55. The van der Waals surface area contributed by atoms with E-state index in [4.69, 9.17) is 4.42 Å². The molecule has 1 aliphatic rings. The van der Waals surface area contributed by atoms with Gasteiger partial charge in [0.15, 0.2) is 0 Å². The summed E-state index contributed by atoms with van der Waals surface area (Å²) >= 11 is 0. The number of amides is 2. The highest BCUT2D eigenvalue weighted by Crippen LogP contribution is 2.28. The van der Waals surface area contributed by atoms with Crippen LogP contribution in [0.3, 0.4) is 0 Å². The molecule has 2 aromatic rings. The molecule has 0 atom stereocenters. The summed E-state index contributed by atoms with van der Waals surface area (Å²) in [5.41, 5.74) is 0.630. The van der Waals surface area contributed by atoms with Crippen molar-refractivity contribution < 1.29 is 14.0 Å². The van der Waals surface area contributed by atoms with Crippen LogP contribution in [0.25, 0.3) is 11.5 Å². The van der Waals surface area contributed by atoms with E-state index in [1.165, 1.54) is 6.26 Å². The number of likely N-dealkylation sites (N-methyl/N-ethyl adjacent to an activating group) is 1. The Morgan fingerprint density at radius 3 is 2.58 bits per heavy atom. The Balaban J connectivity index is 1.67. The molecule has 0 spiro atoms. The van der Waals surface area contributed by atoms with Crippen molar-refractivity contribution in [3.05, 3.63) is 42.3 Å². The Morgan fingerprint density at radius 2 is 1.88 bits per heavy atom. The molecule has 3 rings (SSSR count). The number of rotatable bonds is 6. The van der Waals surface area contributed by atoms with E-state index in [9.17, 15) is 9.59 Å². The minimum absolute atomic E-state index is 0.0850. The summed E-state index contributed by atoms with van der Waals surface area (Å²) in [6.07, 6.45) is 5.94.